The zero-order valence-electron chi connectivity index (χ0n) is 9.63. The van der Waals surface area contributed by atoms with Crippen LogP contribution < -0.4 is 0 Å². The molecule has 0 spiro atoms. The first-order chi connectivity index (χ1) is 6.89. The first-order valence-electron chi connectivity index (χ1n) is 5.36. The van der Waals surface area contributed by atoms with Gasteiger partial charge < -0.3 is 5.11 Å². The SMILES string of the molecule is CC(C)CC(C)(O)Cc1ccc(Br)cc1. The second kappa shape index (κ2) is 5.13. The molecule has 0 aliphatic carbocycles. The van der Waals surface area contributed by atoms with Gasteiger partial charge in [0.25, 0.3) is 0 Å². The summed E-state index contributed by atoms with van der Waals surface area (Å²) in [4.78, 5) is 0. The van der Waals surface area contributed by atoms with E-state index in [4.69, 9.17) is 0 Å². The first kappa shape index (κ1) is 12.7. The van der Waals surface area contributed by atoms with Crippen molar-refractivity contribution in [1.29, 1.82) is 0 Å². The van der Waals surface area contributed by atoms with Gasteiger partial charge in [-0.25, -0.2) is 0 Å². The molecule has 1 nitrogen and oxygen atoms in total. The molecule has 0 aromatic heterocycles. The Morgan fingerprint density at radius 2 is 1.80 bits per heavy atom. The predicted octanol–water partition coefficient (Wildman–Crippen LogP) is 3.79. The fraction of sp³-hybridized carbons (Fsp3) is 0.538. The summed E-state index contributed by atoms with van der Waals surface area (Å²) in [6.07, 6.45) is 1.56. The number of hydrogen-bond donors (Lipinski definition) is 1. The second-order valence-corrected chi connectivity index (χ2v) is 5.81. The van der Waals surface area contributed by atoms with Crippen LogP contribution in [0, 0.1) is 5.92 Å². The molecule has 0 saturated carbocycles. The molecule has 2 heteroatoms. The summed E-state index contributed by atoms with van der Waals surface area (Å²) in [5.41, 5.74) is 0.589. The molecule has 1 atom stereocenters. The highest BCUT2D eigenvalue weighted by Gasteiger charge is 2.21. The van der Waals surface area contributed by atoms with E-state index >= 15 is 0 Å². The highest BCUT2D eigenvalue weighted by atomic mass is 79.9. The lowest BCUT2D eigenvalue weighted by atomic mass is 9.88. The van der Waals surface area contributed by atoms with Crippen molar-refractivity contribution in [2.45, 2.75) is 39.2 Å². The number of rotatable bonds is 4. The van der Waals surface area contributed by atoms with Gasteiger partial charge in [0, 0.05) is 10.9 Å². The smallest absolute Gasteiger partial charge is 0.0662 e. The van der Waals surface area contributed by atoms with Crippen LogP contribution in [-0.4, -0.2) is 10.7 Å². The molecule has 1 N–H and O–H groups in total. The summed E-state index contributed by atoms with van der Waals surface area (Å²) in [5, 5.41) is 10.2. The van der Waals surface area contributed by atoms with Crippen molar-refractivity contribution in [3.8, 4) is 0 Å². The number of aliphatic hydroxyl groups is 1. The maximum absolute atomic E-state index is 10.2. The first-order valence-corrected chi connectivity index (χ1v) is 6.15. The minimum absolute atomic E-state index is 0.524. The lowest BCUT2D eigenvalue weighted by Crippen LogP contribution is -2.29. The van der Waals surface area contributed by atoms with Crippen LogP contribution in [0.15, 0.2) is 28.7 Å². The Morgan fingerprint density at radius 1 is 1.27 bits per heavy atom. The van der Waals surface area contributed by atoms with Gasteiger partial charge in [-0.15, -0.1) is 0 Å². The van der Waals surface area contributed by atoms with Crippen LogP contribution in [0.4, 0.5) is 0 Å². The molecular formula is C13H19BrO. The van der Waals surface area contributed by atoms with Gasteiger partial charge in [-0.3, -0.25) is 0 Å². The van der Waals surface area contributed by atoms with Crippen molar-refractivity contribution < 1.29 is 5.11 Å². The largest absolute Gasteiger partial charge is 0.390 e. The van der Waals surface area contributed by atoms with Crippen molar-refractivity contribution in [2.75, 3.05) is 0 Å². The van der Waals surface area contributed by atoms with Gasteiger partial charge in [0.1, 0.15) is 0 Å². The molecule has 0 aliphatic rings. The third kappa shape index (κ3) is 4.80. The molecule has 1 rings (SSSR count). The molecule has 0 heterocycles. The number of halogens is 1. The Bertz CT molecular complexity index is 301. The molecule has 15 heavy (non-hydrogen) atoms. The van der Waals surface area contributed by atoms with Crippen LogP contribution in [0.25, 0.3) is 0 Å². The maximum Gasteiger partial charge on any atom is 0.0662 e. The van der Waals surface area contributed by atoms with E-state index in [-0.39, 0.29) is 0 Å². The van der Waals surface area contributed by atoms with E-state index < -0.39 is 5.60 Å². The third-order valence-corrected chi connectivity index (χ3v) is 2.87. The maximum atomic E-state index is 10.2. The number of hydrogen-bond acceptors (Lipinski definition) is 1. The monoisotopic (exact) mass is 270 g/mol. The molecule has 84 valence electrons. The zero-order valence-corrected chi connectivity index (χ0v) is 11.2. The summed E-state index contributed by atoms with van der Waals surface area (Å²) in [6.45, 7) is 6.18. The molecule has 0 aliphatic heterocycles. The Labute approximate surface area is 101 Å². The molecule has 0 amide bonds. The average molecular weight is 271 g/mol. The second-order valence-electron chi connectivity index (χ2n) is 4.90. The molecule has 0 saturated heterocycles. The Hall–Kier alpha value is -0.340. The van der Waals surface area contributed by atoms with Gasteiger partial charge in [-0.2, -0.15) is 0 Å². The van der Waals surface area contributed by atoms with Crippen LogP contribution in [0.2, 0.25) is 0 Å². The molecule has 1 aromatic carbocycles. The van der Waals surface area contributed by atoms with Gasteiger partial charge in [0.05, 0.1) is 5.60 Å². The van der Waals surface area contributed by atoms with Gasteiger partial charge >= 0.3 is 0 Å². The van der Waals surface area contributed by atoms with Gasteiger partial charge in [0.2, 0.25) is 0 Å². The van der Waals surface area contributed by atoms with Crippen LogP contribution >= 0.6 is 15.9 Å². The summed E-state index contributed by atoms with van der Waals surface area (Å²) in [7, 11) is 0. The number of benzene rings is 1. The lowest BCUT2D eigenvalue weighted by molar-refractivity contribution is 0.0388. The van der Waals surface area contributed by atoms with Crippen LogP contribution in [0.3, 0.4) is 0 Å². The summed E-state index contributed by atoms with van der Waals surface area (Å²) in [5.74, 6) is 0.524. The quantitative estimate of drug-likeness (QED) is 0.883. The fourth-order valence-corrected chi connectivity index (χ4v) is 2.26. The average Bonchev–Trinajstić information content (AvgIpc) is 2.06. The molecule has 0 bridgehead atoms. The van der Waals surface area contributed by atoms with Gasteiger partial charge in [-0.05, 0) is 37.0 Å². The van der Waals surface area contributed by atoms with Gasteiger partial charge in [0.15, 0.2) is 0 Å². The summed E-state index contributed by atoms with van der Waals surface area (Å²) in [6, 6.07) is 8.14. The van der Waals surface area contributed by atoms with Crippen molar-refractivity contribution in [2.24, 2.45) is 5.92 Å². The van der Waals surface area contributed by atoms with Crippen LogP contribution in [0.1, 0.15) is 32.8 Å². The van der Waals surface area contributed by atoms with Gasteiger partial charge in [-0.1, -0.05) is 41.9 Å². The van der Waals surface area contributed by atoms with E-state index in [0.717, 1.165) is 17.3 Å². The highest BCUT2D eigenvalue weighted by Crippen LogP contribution is 2.22. The highest BCUT2D eigenvalue weighted by molar-refractivity contribution is 9.10. The Morgan fingerprint density at radius 3 is 2.27 bits per heavy atom. The molecule has 0 fully saturated rings. The normalized spacial score (nSPS) is 15.3. The summed E-state index contributed by atoms with van der Waals surface area (Å²) < 4.78 is 1.08. The minimum atomic E-state index is -0.595. The molecule has 0 radical (unpaired) electrons. The Balaban J connectivity index is 2.64. The minimum Gasteiger partial charge on any atom is -0.390 e. The topological polar surface area (TPSA) is 20.2 Å². The molecular weight excluding hydrogens is 252 g/mol. The van der Waals surface area contributed by atoms with Crippen molar-refractivity contribution >= 4 is 15.9 Å². The van der Waals surface area contributed by atoms with E-state index in [1.54, 1.807) is 0 Å². The van der Waals surface area contributed by atoms with E-state index in [1.807, 2.05) is 19.1 Å². The van der Waals surface area contributed by atoms with Crippen molar-refractivity contribution in [3.63, 3.8) is 0 Å². The molecule has 1 unspecified atom stereocenters. The van der Waals surface area contributed by atoms with Crippen LogP contribution in [0.5, 0.6) is 0 Å². The van der Waals surface area contributed by atoms with E-state index in [9.17, 15) is 5.11 Å². The van der Waals surface area contributed by atoms with E-state index in [0.29, 0.717) is 5.92 Å². The van der Waals surface area contributed by atoms with Crippen molar-refractivity contribution in [1.82, 2.24) is 0 Å². The van der Waals surface area contributed by atoms with Crippen LogP contribution in [-0.2, 0) is 6.42 Å². The zero-order chi connectivity index (χ0) is 11.5. The predicted molar refractivity (Wildman–Crippen MR) is 67.9 cm³/mol. The lowest BCUT2D eigenvalue weighted by Gasteiger charge is -2.25. The summed E-state index contributed by atoms with van der Waals surface area (Å²) >= 11 is 3.40. The fourth-order valence-electron chi connectivity index (χ4n) is 1.99. The van der Waals surface area contributed by atoms with Crippen molar-refractivity contribution in [3.05, 3.63) is 34.3 Å². The standard InChI is InChI=1S/C13H19BrO/c1-10(2)8-13(3,15)9-11-4-6-12(14)7-5-11/h4-7,10,15H,8-9H2,1-3H3. The van der Waals surface area contributed by atoms with E-state index in [1.165, 1.54) is 5.56 Å². The Kier molecular flexibility index (Phi) is 4.35. The third-order valence-electron chi connectivity index (χ3n) is 2.35. The van der Waals surface area contributed by atoms with E-state index in [2.05, 4.69) is 41.9 Å². The molecule has 1 aromatic rings.